The van der Waals surface area contributed by atoms with Crippen LogP contribution >= 0.6 is 0 Å². The monoisotopic (exact) mass is 231 g/mol. The third-order valence-corrected chi connectivity index (χ3v) is 1.44. The average molecular weight is 231 g/mol. The van der Waals surface area contributed by atoms with Crippen LogP contribution in [0.5, 0.6) is 0 Å². The zero-order valence-electron chi connectivity index (χ0n) is 8.51. The van der Waals surface area contributed by atoms with E-state index in [2.05, 4.69) is 10.1 Å². The number of methoxy groups -OCH3 is 1. The van der Waals surface area contributed by atoms with Gasteiger partial charge in [0, 0.05) is 20.2 Å². The van der Waals surface area contributed by atoms with Crippen molar-refractivity contribution in [2.24, 2.45) is 0 Å². The Morgan fingerprint density at radius 1 is 1.40 bits per heavy atom. The lowest BCUT2D eigenvalue weighted by molar-refractivity contribution is -0.178. The fourth-order valence-corrected chi connectivity index (χ4v) is 0.813. The van der Waals surface area contributed by atoms with Crippen LogP contribution in [-0.2, 0) is 9.47 Å². The topological polar surface area (TPSA) is 50.7 Å². The van der Waals surface area contributed by atoms with Crippen molar-refractivity contribution >= 4 is 0 Å². The summed E-state index contributed by atoms with van der Waals surface area (Å²) >= 11 is 0. The van der Waals surface area contributed by atoms with Crippen LogP contribution in [0.4, 0.5) is 13.2 Å². The molecule has 0 heterocycles. The number of nitrogens with one attached hydrogen (secondary N) is 1. The Labute approximate surface area is 86.4 Å². The standard InChI is InChI=1S/C8H16F3NO3/c1-14-3-2-12-4-7(13)5-15-6-8(9,10)11/h7,12-13H,2-6H2,1H3. The normalized spacial score (nSPS) is 14.2. The van der Waals surface area contributed by atoms with Crippen molar-refractivity contribution in [2.75, 3.05) is 40.0 Å². The van der Waals surface area contributed by atoms with Crippen LogP contribution in [0.15, 0.2) is 0 Å². The molecule has 0 aliphatic heterocycles. The first-order valence-electron chi connectivity index (χ1n) is 4.48. The molecule has 15 heavy (non-hydrogen) atoms. The summed E-state index contributed by atoms with van der Waals surface area (Å²) in [4.78, 5) is 0. The zero-order valence-corrected chi connectivity index (χ0v) is 8.51. The molecule has 0 saturated heterocycles. The lowest BCUT2D eigenvalue weighted by Crippen LogP contribution is -2.33. The van der Waals surface area contributed by atoms with Crippen molar-refractivity contribution in [1.29, 1.82) is 0 Å². The Morgan fingerprint density at radius 2 is 2.07 bits per heavy atom. The number of aliphatic hydroxyl groups excluding tert-OH is 1. The van der Waals surface area contributed by atoms with Crippen molar-refractivity contribution in [1.82, 2.24) is 5.32 Å². The molecule has 0 bridgehead atoms. The number of hydrogen-bond acceptors (Lipinski definition) is 4. The van der Waals surface area contributed by atoms with Crippen molar-refractivity contribution in [3.63, 3.8) is 0 Å². The van der Waals surface area contributed by atoms with Crippen LogP contribution in [-0.4, -0.2) is 57.4 Å². The van der Waals surface area contributed by atoms with Crippen molar-refractivity contribution in [3.8, 4) is 0 Å². The van der Waals surface area contributed by atoms with Gasteiger partial charge in [-0.1, -0.05) is 0 Å². The maximum absolute atomic E-state index is 11.6. The maximum atomic E-state index is 11.6. The summed E-state index contributed by atoms with van der Waals surface area (Å²) in [5, 5.41) is 11.9. The molecule has 2 N–H and O–H groups in total. The molecule has 0 aromatic carbocycles. The largest absolute Gasteiger partial charge is 0.411 e. The quantitative estimate of drug-likeness (QED) is 0.584. The minimum absolute atomic E-state index is 0.182. The molecule has 92 valence electrons. The Balaban J connectivity index is 3.29. The minimum atomic E-state index is -4.34. The molecule has 0 amide bonds. The first kappa shape index (κ1) is 14.6. The molecular formula is C8H16F3NO3. The lowest BCUT2D eigenvalue weighted by atomic mass is 10.4. The van der Waals surface area contributed by atoms with Gasteiger partial charge in [-0.2, -0.15) is 13.2 Å². The van der Waals surface area contributed by atoms with Crippen LogP contribution in [0, 0.1) is 0 Å². The second kappa shape index (κ2) is 7.86. The number of hydrogen-bond donors (Lipinski definition) is 2. The van der Waals surface area contributed by atoms with E-state index >= 15 is 0 Å². The highest BCUT2D eigenvalue weighted by Crippen LogP contribution is 2.14. The number of ether oxygens (including phenoxy) is 2. The molecule has 0 spiro atoms. The molecule has 0 aromatic rings. The molecule has 0 radical (unpaired) electrons. The summed E-state index contributed by atoms with van der Waals surface area (Å²) in [5.74, 6) is 0. The van der Waals surface area contributed by atoms with Crippen LogP contribution in [0.2, 0.25) is 0 Å². The molecule has 1 unspecified atom stereocenters. The van der Waals surface area contributed by atoms with Gasteiger partial charge in [0.1, 0.15) is 6.61 Å². The van der Waals surface area contributed by atoms with Crippen LogP contribution in [0.1, 0.15) is 0 Å². The van der Waals surface area contributed by atoms with E-state index in [1.54, 1.807) is 0 Å². The van der Waals surface area contributed by atoms with Crippen molar-refractivity contribution in [2.45, 2.75) is 12.3 Å². The number of rotatable bonds is 8. The fourth-order valence-electron chi connectivity index (χ4n) is 0.813. The first-order valence-corrected chi connectivity index (χ1v) is 4.48. The van der Waals surface area contributed by atoms with Gasteiger partial charge in [-0.05, 0) is 0 Å². The molecular weight excluding hydrogens is 215 g/mol. The van der Waals surface area contributed by atoms with Crippen LogP contribution in [0.3, 0.4) is 0 Å². The molecule has 0 aliphatic rings. The van der Waals surface area contributed by atoms with Crippen LogP contribution in [0.25, 0.3) is 0 Å². The highest BCUT2D eigenvalue weighted by atomic mass is 19.4. The van der Waals surface area contributed by atoms with Gasteiger partial charge in [0.05, 0.1) is 19.3 Å². The molecule has 0 aromatic heterocycles. The summed E-state index contributed by atoms with van der Waals surface area (Å²) in [6, 6.07) is 0. The maximum Gasteiger partial charge on any atom is 0.411 e. The lowest BCUT2D eigenvalue weighted by Gasteiger charge is -2.13. The molecule has 1 atom stereocenters. The second-order valence-electron chi connectivity index (χ2n) is 2.98. The summed E-state index contributed by atoms with van der Waals surface area (Å²) in [5.41, 5.74) is 0. The fraction of sp³-hybridized carbons (Fsp3) is 1.00. The predicted octanol–water partition coefficient (Wildman–Crippen LogP) is 0.162. The van der Waals surface area contributed by atoms with Gasteiger partial charge in [-0.3, -0.25) is 0 Å². The van der Waals surface area contributed by atoms with Gasteiger partial charge in [-0.15, -0.1) is 0 Å². The molecule has 7 heteroatoms. The molecule has 0 rings (SSSR count). The summed E-state index contributed by atoms with van der Waals surface area (Å²) in [6.45, 7) is -0.466. The third-order valence-electron chi connectivity index (χ3n) is 1.44. The van der Waals surface area contributed by atoms with Gasteiger partial charge < -0.3 is 19.9 Å². The van der Waals surface area contributed by atoms with E-state index < -0.39 is 18.9 Å². The van der Waals surface area contributed by atoms with Gasteiger partial charge >= 0.3 is 6.18 Å². The SMILES string of the molecule is COCCNCC(O)COCC(F)(F)F. The van der Waals surface area contributed by atoms with E-state index in [9.17, 15) is 13.2 Å². The van der Waals surface area contributed by atoms with E-state index in [4.69, 9.17) is 9.84 Å². The van der Waals surface area contributed by atoms with Gasteiger partial charge in [-0.25, -0.2) is 0 Å². The summed E-state index contributed by atoms with van der Waals surface area (Å²) in [7, 11) is 1.53. The van der Waals surface area contributed by atoms with E-state index in [1.165, 1.54) is 7.11 Å². The molecule has 0 aliphatic carbocycles. The van der Waals surface area contributed by atoms with Crippen molar-refractivity contribution < 1.29 is 27.8 Å². The Morgan fingerprint density at radius 3 is 2.60 bits per heavy atom. The predicted molar refractivity (Wildman–Crippen MR) is 47.6 cm³/mol. The number of alkyl halides is 3. The number of halogens is 3. The first-order chi connectivity index (χ1) is 6.95. The Bertz CT molecular complexity index is 155. The smallest absolute Gasteiger partial charge is 0.389 e. The molecule has 4 nitrogen and oxygen atoms in total. The van der Waals surface area contributed by atoms with Gasteiger partial charge in [0.2, 0.25) is 0 Å². The van der Waals surface area contributed by atoms with Crippen molar-refractivity contribution in [3.05, 3.63) is 0 Å². The Kier molecular flexibility index (Phi) is 7.67. The zero-order chi connectivity index (χ0) is 11.7. The highest BCUT2D eigenvalue weighted by molar-refractivity contribution is 4.58. The average Bonchev–Trinajstić information content (AvgIpc) is 2.10. The summed E-state index contributed by atoms with van der Waals surface area (Å²) < 4.78 is 43.9. The minimum Gasteiger partial charge on any atom is -0.389 e. The third kappa shape index (κ3) is 11.6. The van der Waals surface area contributed by atoms with E-state index in [0.717, 1.165) is 0 Å². The van der Waals surface area contributed by atoms with Crippen LogP contribution < -0.4 is 5.32 Å². The molecule has 0 saturated carbocycles. The Hall–Kier alpha value is -0.370. The summed E-state index contributed by atoms with van der Waals surface area (Å²) in [6.07, 6.45) is -5.28. The van der Waals surface area contributed by atoms with E-state index in [-0.39, 0.29) is 13.2 Å². The van der Waals surface area contributed by atoms with Gasteiger partial charge in [0.25, 0.3) is 0 Å². The number of aliphatic hydroxyl groups is 1. The second-order valence-corrected chi connectivity index (χ2v) is 2.98. The highest BCUT2D eigenvalue weighted by Gasteiger charge is 2.27. The molecule has 0 fully saturated rings. The van der Waals surface area contributed by atoms with E-state index in [1.807, 2.05) is 0 Å². The van der Waals surface area contributed by atoms with Gasteiger partial charge in [0.15, 0.2) is 0 Å². The van der Waals surface area contributed by atoms with E-state index in [0.29, 0.717) is 13.2 Å².